The smallest absolute Gasteiger partial charge is 0.306 e. The summed E-state index contributed by atoms with van der Waals surface area (Å²) in [5.41, 5.74) is 0. The van der Waals surface area contributed by atoms with Crippen LogP contribution in [0.15, 0.2) is 109 Å². The molecule has 0 saturated heterocycles. The predicted octanol–water partition coefficient (Wildman–Crippen LogP) is 20.7. The first-order chi connectivity index (χ1) is 39.9. The molecule has 0 aliphatic carbocycles. The van der Waals surface area contributed by atoms with Gasteiger partial charge in [0.25, 0.3) is 7.82 Å². The summed E-state index contributed by atoms with van der Waals surface area (Å²) >= 11 is 0. The maximum Gasteiger partial charge on any atom is 0.306 e. The Labute approximate surface area is 506 Å². The minimum absolute atomic E-state index is 0.0341. The number of allylic oxidation sites excluding steroid dienone is 17. The number of esters is 1. The van der Waals surface area contributed by atoms with Crippen LogP contribution in [0.5, 0.6) is 0 Å². The minimum atomic E-state index is -4.72. The lowest BCUT2D eigenvalue weighted by atomic mass is 10.0. The van der Waals surface area contributed by atoms with Gasteiger partial charge < -0.3 is 28.5 Å². The number of phosphoric ester groups is 1. The number of likely N-dealkylation sites (N-methyl/N-ethyl adjacent to an activating group) is 1. The molecule has 10 heteroatoms. The van der Waals surface area contributed by atoms with Gasteiger partial charge in [0.1, 0.15) is 19.3 Å². The molecule has 0 radical (unpaired) electrons. The summed E-state index contributed by atoms with van der Waals surface area (Å²) in [5.74, 6) is -0.586. The van der Waals surface area contributed by atoms with Crippen LogP contribution in [0.4, 0.5) is 0 Å². The third kappa shape index (κ3) is 61.2. The van der Waals surface area contributed by atoms with Crippen molar-refractivity contribution in [2.75, 3.05) is 40.9 Å². The Morgan fingerprint density at radius 3 is 1.15 bits per heavy atom. The van der Waals surface area contributed by atoms with E-state index in [0.717, 1.165) is 109 Å². The van der Waals surface area contributed by atoms with E-state index >= 15 is 0 Å². The van der Waals surface area contributed by atoms with Gasteiger partial charge in [-0.1, -0.05) is 259 Å². The number of nitrogens with one attached hydrogen (secondary N) is 1. The molecular weight excluding hydrogens is 1040 g/mol. The summed E-state index contributed by atoms with van der Waals surface area (Å²) in [5, 5.41) is 3.02. The molecule has 0 rings (SSSR count). The summed E-state index contributed by atoms with van der Waals surface area (Å²) in [4.78, 5) is 40.1. The number of rotatable bonds is 60. The van der Waals surface area contributed by atoms with E-state index in [1.165, 1.54) is 135 Å². The standard InChI is InChI=1S/C72H127N2O7P/c1-7-10-13-16-19-22-25-28-30-32-34-35-36-37-38-39-41-42-44-46-49-52-55-58-61-64-71(75)73-69(68-80-82(77,78)79-67-66-74(4,5)6)70(63-60-57-54-51-48-27-24-21-18-15-12-9-3)81-72(76)65-62-59-56-53-50-47-45-43-40-33-31-29-26-23-20-17-14-11-8-2/h19-20,22-23,28-31,34-35,37-38,40,43,47,50,60,63,69-70H,7-18,21,24-27,32-33,36,39,41-42,44-46,48-49,51-59,61-62,64-68H2,1-6H3,(H-,73,75,77,78)/b22-19-,23-20-,30-28-,31-29-,35-34-,38-37-,43-40-,50-47-,63-60-. The van der Waals surface area contributed by atoms with Crippen molar-refractivity contribution in [1.82, 2.24) is 5.32 Å². The molecule has 0 bridgehead atoms. The number of carbonyl (C=O) groups excluding carboxylic acids is 2. The van der Waals surface area contributed by atoms with Gasteiger partial charge >= 0.3 is 5.97 Å². The molecule has 0 aliphatic heterocycles. The number of hydrogen-bond acceptors (Lipinski definition) is 7. The predicted molar refractivity (Wildman–Crippen MR) is 353 cm³/mol. The Morgan fingerprint density at radius 1 is 0.427 bits per heavy atom. The second-order valence-electron chi connectivity index (χ2n) is 23.6. The van der Waals surface area contributed by atoms with E-state index in [1.807, 2.05) is 33.3 Å². The number of phosphoric acid groups is 1. The fraction of sp³-hybridized carbons (Fsp3) is 0.722. The molecule has 0 spiro atoms. The van der Waals surface area contributed by atoms with Crippen molar-refractivity contribution in [3.05, 3.63) is 109 Å². The van der Waals surface area contributed by atoms with E-state index in [2.05, 4.69) is 123 Å². The second kappa shape index (κ2) is 60.8. The van der Waals surface area contributed by atoms with Crippen molar-refractivity contribution >= 4 is 19.7 Å². The topological polar surface area (TPSA) is 114 Å². The fourth-order valence-electron chi connectivity index (χ4n) is 9.19. The lowest BCUT2D eigenvalue weighted by Gasteiger charge is -2.30. The molecule has 0 fully saturated rings. The molecule has 82 heavy (non-hydrogen) atoms. The van der Waals surface area contributed by atoms with Crippen LogP contribution in [0.25, 0.3) is 0 Å². The third-order valence-electron chi connectivity index (χ3n) is 14.4. The lowest BCUT2D eigenvalue weighted by Crippen LogP contribution is -2.47. The number of nitrogens with zero attached hydrogens (tertiary/aromatic N) is 1. The van der Waals surface area contributed by atoms with Crippen LogP contribution < -0.4 is 10.2 Å². The monoisotopic (exact) mass is 1160 g/mol. The normalized spacial score (nSPS) is 14.3. The van der Waals surface area contributed by atoms with E-state index in [4.69, 9.17) is 13.8 Å². The summed E-state index contributed by atoms with van der Waals surface area (Å²) in [6.45, 7) is 6.76. The van der Waals surface area contributed by atoms with E-state index in [1.54, 1.807) is 0 Å². The first kappa shape index (κ1) is 78.7. The van der Waals surface area contributed by atoms with Crippen LogP contribution in [-0.4, -0.2) is 69.4 Å². The van der Waals surface area contributed by atoms with Gasteiger partial charge in [-0.2, -0.15) is 0 Å². The Balaban J connectivity index is 5.21. The summed E-state index contributed by atoms with van der Waals surface area (Å²) in [6, 6.07) is -0.912. The molecule has 9 nitrogen and oxygen atoms in total. The number of amides is 1. The van der Waals surface area contributed by atoms with Gasteiger partial charge in [-0.25, -0.2) is 0 Å². The van der Waals surface area contributed by atoms with Crippen LogP contribution >= 0.6 is 7.82 Å². The highest BCUT2D eigenvalue weighted by atomic mass is 31.2. The molecule has 0 heterocycles. The van der Waals surface area contributed by atoms with Crippen molar-refractivity contribution in [3.8, 4) is 0 Å². The van der Waals surface area contributed by atoms with Gasteiger partial charge in [-0.15, -0.1) is 0 Å². The van der Waals surface area contributed by atoms with Crippen molar-refractivity contribution < 1.29 is 37.3 Å². The first-order valence-corrected chi connectivity index (χ1v) is 35.2. The summed E-state index contributed by atoms with van der Waals surface area (Å²) < 4.78 is 30.4. The lowest BCUT2D eigenvalue weighted by molar-refractivity contribution is -0.870. The summed E-state index contributed by atoms with van der Waals surface area (Å²) in [6.07, 6.45) is 83.4. The van der Waals surface area contributed by atoms with Gasteiger partial charge in [0.2, 0.25) is 5.91 Å². The second-order valence-corrected chi connectivity index (χ2v) is 25.0. The number of hydrogen-bond donors (Lipinski definition) is 1. The minimum Gasteiger partial charge on any atom is -0.756 e. The van der Waals surface area contributed by atoms with Gasteiger partial charge in [0.05, 0.1) is 33.8 Å². The maximum absolute atomic E-state index is 13.6. The first-order valence-electron chi connectivity index (χ1n) is 33.7. The highest BCUT2D eigenvalue weighted by Gasteiger charge is 2.27. The number of unbranched alkanes of at least 4 members (excludes halogenated alkanes) is 28. The Morgan fingerprint density at radius 2 is 0.744 bits per heavy atom. The van der Waals surface area contributed by atoms with Gasteiger partial charge in [0.15, 0.2) is 0 Å². The average molecular weight is 1160 g/mol. The molecule has 3 unspecified atom stereocenters. The zero-order valence-corrected chi connectivity index (χ0v) is 54.8. The van der Waals surface area contributed by atoms with E-state index in [-0.39, 0.29) is 24.9 Å². The fourth-order valence-corrected chi connectivity index (χ4v) is 9.92. The zero-order valence-electron chi connectivity index (χ0n) is 53.9. The molecule has 472 valence electrons. The molecule has 0 aromatic heterocycles. The number of quaternary nitrogens is 1. The van der Waals surface area contributed by atoms with Crippen molar-refractivity contribution in [3.63, 3.8) is 0 Å². The maximum atomic E-state index is 13.6. The third-order valence-corrected chi connectivity index (χ3v) is 15.4. The Kier molecular flexibility index (Phi) is 58.3. The highest BCUT2D eigenvalue weighted by molar-refractivity contribution is 7.45. The summed E-state index contributed by atoms with van der Waals surface area (Å²) in [7, 11) is 1.15. The van der Waals surface area contributed by atoms with E-state index in [9.17, 15) is 19.0 Å². The molecule has 0 aromatic rings. The van der Waals surface area contributed by atoms with Crippen LogP contribution in [-0.2, 0) is 27.9 Å². The largest absolute Gasteiger partial charge is 0.756 e. The quantitative estimate of drug-likeness (QED) is 0.0212. The average Bonchev–Trinajstić information content (AvgIpc) is 3.44. The van der Waals surface area contributed by atoms with Crippen LogP contribution in [0.3, 0.4) is 0 Å². The van der Waals surface area contributed by atoms with Gasteiger partial charge in [-0.3, -0.25) is 14.2 Å². The van der Waals surface area contributed by atoms with E-state index in [0.29, 0.717) is 23.9 Å². The number of carbonyl (C=O) groups is 2. The number of ether oxygens (including phenoxy) is 1. The molecule has 1 amide bonds. The Hall–Kier alpha value is -3.33. The highest BCUT2D eigenvalue weighted by Crippen LogP contribution is 2.38. The van der Waals surface area contributed by atoms with Gasteiger partial charge in [-0.05, 0) is 122 Å². The van der Waals surface area contributed by atoms with Gasteiger partial charge in [0, 0.05) is 12.8 Å². The van der Waals surface area contributed by atoms with E-state index < -0.39 is 26.6 Å². The van der Waals surface area contributed by atoms with Crippen LogP contribution in [0, 0.1) is 0 Å². The Bertz CT molecular complexity index is 1770. The van der Waals surface area contributed by atoms with Crippen molar-refractivity contribution in [1.29, 1.82) is 0 Å². The molecule has 3 atom stereocenters. The molecule has 0 aromatic carbocycles. The SMILES string of the molecule is CCCCC/C=C\C/C=C\C/C=C\C/C=C\CCCCCCCCCCCC(=O)NC(COP(=O)([O-])OCC[N+](C)(C)C)C(/C=C\CCCCCCCCCCCC)OC(=O)CCCCC/C=C\C/C=C\C/C=C\C/C=C\CCCCC. The van der Waals surface area contributed by atoms with Crippen LogP contribution in [0.2, 0.25) is 0 Å². The molecule has 1 N–H and O–H groups in total. The molecule has 0 saturated carbocycles. The van der Waals surface area contributed by atoms with Crippen molar-refractivity contribution in [2.45, 2.75) is 296 Å². The van der Waals surface area contributed by atoms with Crippen LogP contribution in [0.1, 0.15) is 284 Å². The van der Waals surface area contributed by atoms with Crippen molar-refractivity contribution in [2.24, 2.45) is 0 Å². The molecular formula is C72H127N2O7P. The zero-order chi connectivity index (χ0) is 60.0. The molecule has 0 aliphatic rings.